The number of rotatable bonds is 4. The lowest BCUT2D eigenvalue weighted by atomic mass is 10.1. The van der Waals surface area contributed by atoms with E-state index in [0.29, 0.717) is 16.9 Å². The number of carboxylic acids is 1. The third kappa shape index (κ3) is 2.65. The Balaban J connectivity index is 2.38. The van der Waals surface area contributed by atoms with Gasteiger partial charge in [0.05, 0.1) is 12.3 Å². The van der Waals surface area contributed by atoms with E-state index in [-0.39, 0.29) is 11.8 Å². The molecule has 0 atom stereocenters. The van der Waals surface area contributed by atoms with E-state index in [4.69, 9.17) is 9.84 Å². The van der Waals surface area contributed by atoms with Gasteiger partial charge in [-0.2, -0.15) is 4.37 Å². The number of carbonyl (C=O) groups is 1. The van der Waals surface area contributed by atoms with Gasteiger partial charge in [0.15, 0.2) is 5.69 Å². The van der Waals surface area contributed by atoms with E-state index in [2.05, 4.69) is 9.36 Å². The Labute approximate surface area is 108 Å². The molecule has 5 nitrogen and oxygen atoms in total. The monoisotopic (exact) mass is 264 g/mol. The number of pyridine rings is 1. The van der Waals surface area contributed by atoms with Gasteiger partial charge in [-0.3, -0.25) is 4.98 Å². The summed E-state index contributed by atoms with van der Waals surface area (Å²) in [5.74, 6) is -0.425. The lowest BCUT2D eigenvalue weighted by Gasteiger charge is -2.09. The van der Waals surface area contributed by atoms with Gasteiger partial charge in [0.2, 0.25) is 0 Å². The van der Waals surface area contributed by atoms with Crippen LogP contribution in [0.2, 0.25) is 0 Å². The molecule has 0 amide bonds. The van der Waals surface area contributed by atoms with Crippen molar-refractivity contribution < 1.29 is 14.6 Å². The number of carboxylic acid groups (broad SMARTS) is 1. The van der Waals surface area contributed by atoms with Gasteiger partial charge in [0.25, 0.3) is 0 Å². The number of ether oxygens (including phenoxy) is 1. The van der Waals surface area contributed by atoms with Crippen LogP contribution in [0.25, 0.3) is 11.1 Å². The minimum Gasteiger partial charge on any atom is -0.489 e. The van der Waals surface area contributed by atoms with E-state index in [0.717, 1.165) is 11.5 Å². The molecular formula is C12H12N2O3S. The van der Waals surface area contributed by atoms with Gasteiger partial charge in [-0.25, -0.2) is 4.79 Å². The Morgan fingerprint density at radius 1 is 1.44 bits per heavy atom. The Hall–Kier alpha value is -1.95. The van der Waals surface area contributed by atoms with Crippen LogP contribution in [0.3, 0.4) is 0 Å². The molecule has 0 bridgehead atoms. The summed E-state index contributed by atoms with van der Waals surface area (Å²) in [6, 6.07) is 1.77. The summed E-state index contributed by atoms with van der Waals surface area (Å²) in [7, 11) is 0. The fourth-order valence-electron chi connectivity index (χ4n) is 1.50. The first-order chi connectivity index (χ1) is 8.58. The van der Waals surface area contributed by atoms with Crippen LogP contribution >= 0.6 is 11.5 Å². The van der Waals surface area contributed by atoms with Gasteiger partial charge < -0.3 is 9.84 Å². The highest BCUT2D eigenvalue weighted by molar-refractivity contribution is 7.04. The molecular weight excluding hydrogens is 252 g/mol. The maximum absolute atomic E-state index is 11.0. The van der Waals surface area contributed by atoms with E-state index >= 15 is 0 Å². The fraction of sp³-hybridized carbons (Fsp3) is 0.250. The average molecular weight is 264 g/mol. The van der Waals surface area contributed by atoms with Crippen LogP contribution in [-0.2, 0) is 0 Å². The van der Waals surface area contributed by atoms with Crippen LogP contribution in [0, 0.1) is 0 Å². The zero-order valence-corrected chi connectivity index (χ0v) is 10.8. The molecule has 0 saturated carbocycles. The Morgan fingerprint density at radius 2 is 2.22 bits per heavy atom. The van der Waals surface area contributed by atoms with Crippen molar-refractivity contribution in [2.75, 3.05) is 0 Å². The summed E-state index contributed by atoms with van der Waals surface area (Å²) in [5, 5.41) is 10.7. The molecule has 2 aromatic heterocycles. The van der Waals surface area contributed by atoms with Crippen molar-refractivity contribution in [3.05, 3.63) is 29.5 Å². The molecule has 0 unspecified atom stereocenters. The van der Waals surface area contributed by atoms with Gasteiger partial charge in [0.1, 0.15) is 5.75 Å². The molecule has 0 radical (unpaired) electrons. The average Bonchev–Trinajstić information content (AvgIpc) is 2.77. The zero-order valence-electron chi connectivity index (χ0n) is 9.95. The maximum atomic E-state index is 11.0. The highest BCUT2D eigenvalue weighted by Crippen LogP contribution is 2.27. The molecule has 1 N–H and O–H groups in total. The standard InChI is InChI=1S/C12H12N2O3S/c1-7(2)17-9-3-8(4-13-5-9)10-6-18-14-11(10)12(15)16/h3-7H,1-2H3,(H,15,16). The number of nitrogens with zero attached hydrogens (tertiary/aromatic N) is 2. The first-order valence-corrected chi connectivity index (χ1v) is 6.21. The lowest BCUT2D eigenvalue weighted by molar-refractivity contribution is 0.0692. The Kier molecular flexibility index (Phi) is 3.57. The van der Waals surface area contributed by atoms with E-state index < -0.39 is 5.97 Å². The summed E-state index contributed by atoms with van der Waals surface area (Å²) in [5.41, 5.74) is 1.30. The lowest BCUT2D eigenvalue weighted by Crippen LogP contribution is -2.06. The smallest absolute Gasteiger partial charge is 0.356 e. The summed E-state index contributed by atoms with van der Waals surface area (Å²) in [6.45, 7) is 3.84. The quantitative estimate of drug-likeness (QED) is 0.919. The third-order valence-electron chi connectivity index (χ3n) is 2.17. The van der Waals surface area contributed by atoms with Crippen molar-refractivity contribution in [1.29, 1.82) is 0 Å². The van der Waals surface area contributed by atoms with Crippen LogP contribution < -0.4 is 4.74 Å². The van der Waals surface area contributed by atoms with E-state index in [1.54, 1.807) is 23.8 Å². The highest BCUT2D eigenvalue weighted by Gasteiger charge is 2.15. The molecule has 94 valence electrons. The largest absolute Gasteiger partial charge is 0.489 e. The summed E-state index contributed by atoms with van der Waals surface area (Å²) in [4.78, 5) is 15.1. The van der Waals surface area contributed by atoms with Crippen LogP contribution in [0.5, 0.6) is 5.75 Å². The van der Waals surface area contributed by atoms with Crippen molar-refractivity contribution in [3.63, 3.8) is 0 Å². The van der Waals surface area contributed by atoms with Crippen LogP contribution in [0.1, 0.15) is 24.3 Å². The third-order valence-corrected chi connectivity index (χ3v) is 2.80. The van der Waals surface area contributed by atoms with Crippen LogP contribution in [0.4, 0.5) is 0 Å². The number of aromatic carboxylic acids is 1. The molecule has 0 aliphatic rings. The minimum atomic E-state index is -1.04. The molecule has 2 aromatic rings. The maximum Gasteiger partial charge on any atom is 0.356 e. The topological polar surface area (TPSA) is 72.3 Å². The van der Waals surface area contributed by atoms with Crippen molar-refractivity contribution in [2.24, 2.45) is 0 Å². The van der Waals surface area contributed by atoms with Crippen LogP contribution in [0.15, 0.2) is 23.8 Å². The number of hydrogen-bond acceptors (Lipinski definition) is 5. The van der Waals surface area contributed by atoms with Gasteiger partial charge in [-0.1, -0.05) is 0 Å². The van der Waals surface area contributed by atoms with E-state index in [9.17, 15) is 4.79 Å². The van der Waals surface area contributed by atoms with E-state index in [1.165, 1.54) is 0 Å². The van der Waals surface area contributed by atoms with E-state index in [1.807, 2.05) is 13.8 Å². The molecule has 2 rings (SSSR count). The molecule has 0 aromatic carbocycles. The van der Waals surface area contributed by atoms with Gasteiger partial charge >= 0.3 is 5.97 Å². The molecule has 0 aliphatic heterocycles. The highest BCUT2D eigenvalue weighted by atomic mass is 32.1. The molecule has 2 heterocycles. The summed E-state index contributed by atoms with van der Waals surface area (Å²) in [6.07, 6.45) is 3.24. The van der Waals surface area contributed by atoms with Gasteiger partial charge in [0, 0.05) is 22.7 Å². The molecule has 0 spiro atoms. The first kappa shape index (κ1) is 12.5. The van der Waals surface area contributed by atoms with Crippen molar-refractivity contribution >= 4 is 17.5 Å². The van der Waals surface area contributed by atoms with Gasteiger partial charge in [-0.15, -0.1) is 0 Å². The Bertz CT molecular complexity index is 566. The number of hydrogen-bond donors (Lipinski definition) is 1. The summed E-state index contributed by atoms with van der Waals surface area (Å²) < 4.78 is 9.38. The molecule has 0 fully saturated rings. The zero-order chi connectivity index (χ0) is 13.1. The van der Waals surface area contributed by atoms with Crippen molar-refractivity contribution in [1.82, 2.24) is 9.36 Å². The normalized spacial score (nSPS) is 10.6. The molecule has 18 heavy (non-hydrogen) atoms. The minimum absolute atomic E-state index is 0.0431. The van der Waals surface area contributed by atoms with Gasteiger partial charge in [-0.05, 0) is 31.4 Å². The summed E-state index contributed by atoms with van der Waals surface area (Å²) >= 11 is 1.11. The SMILES string of the molecule is CC(C)Oc1cncc(-c2csnc2C(=O)O)c1. The first-order valence-electron chi connectivity index (χ1n) is 5.37. The molecule has 6 heteroatoms. The number of aromatic nitrogens is 2. The predicted molar refractivity (Wildman–Crippen MR) is 68.1 cm³/mol. The van der Waals surface area contributed by atoms with Crippen molar-refractivity contribution in [2.45, 2.75) is 20.0 Å². The second kappa shape index (κ2) is 5.14. The second-order valence-corrected chi connectivity index (χ2v) is 4.59. The molecule has 0 saturated heterocycles. The van der Waals surface area contributed by atoms with Crippen molar-refractivity contribution in [3.8, 4) is 16.9 Å². The Morgan fingerprint density at radius 3 is 2.89 bits per heavy atom. The van der Waals surface area contributed by atoms with Crippen LogP contribution in [-0.4, -0.2) is 26.5 Å². The molecule has 0 aliphatic carbocycles. The fourth-order valence-corrected chi connectivity index (χ4v) is 2.19. The predicted octanol–water partition coefficient (Wildman–Crippen LogP) is 2.69. The second-order valence-electron chi connectivity index (χ2n) is 3.96.